The Hall–Kier alpha value is -2.93. The zero-order valence-corrected chi connectivity index (χ0v) is 14.6. The molecule has 0 atom stereocenters. The van der Waals surface area contributed by atoms with E-state index in [1.165, 1.54) is 31.2 Å². The van der Waals surface area contributed by atoms with Gasteiger partial charge in [-0.2, -0.15) is 0 Å². The van der Waals surface area contributed by atoms with Crippen LogP contribution in [-0.2, 0) is 16.1 Å². The topological polar surface area (TPSA) is 63.7 Å². The zero-order valence-electron chi connectivity index (χ0n) is 13.8. The number of esters is 1. The summed E-state index contributed by atoms with van der Waals surface area (Å²) in [5, 5.41) is -0.373. The highest BCUT2D eigenvalue weighted by molar-refractivity contribution is 8.18. The lowest BCUT2D eigenvalue weighted by Gasteiger charge is -2.12. The summed E-state index contributed by atoms with van der Waals surface area (Å²) in [7, 11) is 0. The number of amides is 2. The molecule has 2 amide bonds. The molecule has 2 aromatic rings. The van der Waals surface area contributed by atoms with Crippen molar-refractivity contribution in [1.29, 1.82) is 0 Å². The Morgan fingerprint density at radius 1 is 1.12 bits per heavy atom. The Labute approximate surface area is 153 Å². The van der Waals surface area contributed by atoms with E-state index in [2.05, 4.69) is 0 Å². The standard InChI is InChI=1S/C19H14FNO4S/c1-12(22)25-16-8-4-13(5-9-16)10-17-18(23)21(19(24)26-17)11-14-2-6-15(20)7-3-14/h2-10H,11H2,1H3/b17-10-. The number of carbonyl (C=O) groups excluding carboxylic acids is 3. The second-order valence-electron chi connectivity index (χ2n) is 5.56. The molecular weight excluding hydrogens is 357 g/mol. The van der Waals surface area contributed by atoms with Crippen molar-refractivity contribution in [3.63, 3.8) is 0 Å². The summed E-state index contributed by atoms with van der Waals surface area (Å²) in [4.78, 5) is 36.9. The number of ether oxygens (including phenoxy) is 1. The Kier molecular flexibility index (Phi) is 5.18. The molecule has 1 aliphatic rings. The first-order valence-corrected chi connectivity index (χ1v) is 8.52. The molecule has 0 aliphatic carbocycles. The van der Waals surface area contributed by atoms with Crippen LogP contribution in [0.1, 0.15) is 18.1 Å². The number of hydrogen-bond acceptors (Lipinski definition) is 5. The highest BCUT2D eigenvalue weighted by Crippen LogP contribution is 2.33. The molecular formula is C19H14FNO4S. The van der Waals surface area contributed by atoms with Gasteiger partial charge in [0.2, 0.25) is 0 Å². The number of carbonyl (C=O) groups is 3. The third-order valence-electron chi connectivity index (χ3n) is 3.57. The highest BCUT2D eigenvalue weighted by Gasteiger charge is 2.34. The zero-order chi connectivity index (χ0) is 18.7. The normalized spacial score (nSPS) is 15.6. The van der Waals surface area contributed by atoms with Gasteiger partial charge in [-0.3, -0.25) is 19.3 Å². The molecule has 1 heterocycles. The summed E-state index contributed by atoms with van der Waals surface area (Å²) in [6.45, 7) is 1.40. The fourth-order valence-corrected chi connectivity index (χ4v) is 3.20. The maximum absolute atomic E-state index is 13.0. The van der Waals surface area contributed by atoms with Crippen LogP contribution in [0.4, 0.5) is 9.18 Å². The van der Waals surface area contributed by atoms with Crippen molar-refractivity contribution in [2.24, 2.45) is 0 Å². The molecule has 7 heteroatoms. The molecule has 0 radical (unpaired) electrons. The number of hydrogen-bond donors (Lipinski definition) is 0. The van der Waals surface area contributed by atoms with Crippen molar-refractivity contribution >= 4 is 35.0 Å². The Morgan fingerprint density at radius 3 is 2.38 bits per heavy atom. The van der Waals surface area contributed by atoms with E-state index in [-0.39, 0.29) is 17.6 Å². The summed E-state index contributed by atoms with van der Waals surface area (Å²) in [6.07, 6.45) is 1.60. The predicted octanol–water partition coefficient (Wildman–Crippen LogP) is 3.99. The van der Waals surface area contributed by atoms with Gasteiger partial charge in [0.25, 0.3) is 11.1 Å². The molecule has 1 fully saturated rings. The lowest BCUT2D eigenvalue weighted by Crippen LogP contribution is -2.27. The molecule has 0 N–H and O–H groups in total. The molecule has 1 saturated heterocycles. The highest BCUT2D eigenvalue weighted by atomic mass is 32.2. The van der Waals surface area contributed by atoms with E-state index in [4.69, 9.17) is 4.74 Å². The fraction of sp³-hybridized carbons (Fsp3) is 0.105. The van der Waals surface area contributed by atoms with Gasteiger partial charge >= 0.3 is 5.97 Å². The molecule has 2 aromatic carbocycles. The molecule has 0 unspecified atom stereocenters. The second kappa shape index (κ2) is 7.53. The van der Waals surface area contributed by atoms with Crippen molar-refractivity contribution in [3.8, 4) is 5.75 Å². The van der Waals surface area contributed by atoms with Gasteiger partial charge in [-0.25, -0.2) is 4.39 Å². The van der Waals surface area contributed by atoms with Gasteiger partial charge in [-0.15, -0.1) is 0 Å². The van der Waals surface area contributed by atoms with E-state index in [1.807, 2.05) is 0 Å². The lowest BCUT2D eigenvalue weighted by molar-refractivity contribution is -0.131. The van der Waals surface area contributed by atoms with E-state index in [0.717, 1.165) is 16.7 Å². The predicted molar refractivity (Wildman–Crippen MR) is 95.7 cm³/mol. The quantitative estimate of drug-likeness (QED) is 0.462. The van der Waals surface area contributed by atoms with Crippen LogP contribution in [-0.4, -0.2) is 22.0 Å². The van der Waals surface area contributed by atoms with Crippen LogP contribution < -0.4 is 4.74 Å². The Balaban J connectivity index is 1.74. The summed E-state index contributed by atoms with van der Waals surface area (Å²) >= 11 is 0.853. The van der Waals surface area contributed by atoms with E-state index in [1.54, 1.807) is 30.3 Å². The van der Waals surface area contributed by atoms with Gasteiger partial charge in [0.1, 0.15) is 11.6 Å². The lowest BCUT2D eigenvalue weighted by atomic mass is 10.2. The third-order valence-corrected chi connectivity index (χ3v) is 4.47. The number of thioether (sulfide) groups is 1. The van der Waals surface area contributed by atoms with Gasteiger partial charge in [0, 0.05) is 6.92 Å². The number of nitrogens with zero attached hydrogens (tertiary/aromatic N) is 1. The molecule has 5 nitrogen and oxygen atoms in total. The van der Waals surface area contributed by atoms with Crippen molar-refractivity contribution in [3.05, 3.63) is 70.4 Å². The largest absolute Gasteiger partial charge is 0.427 e. The summed E-state index contributed by atoms with van der Waals surface area (Å²) in [5.41, 5.74) is 1.37. The van der Waals surface area contributed by atoms with Crippen LogP contribution in [0.5, 0.6) is 5.75 Å². The first kappa shape index (κ1) is 17.9. The van der Waals surface area contributed by atoms with Crippen LogP contribution in [0, 0.1) is 5.82 Å². The molecule has 0 saturated carbocycles. The van der Waals surface area contributed by atoms with Gasteiger partial charge in [-0.05, 0) is 53.2 Å². The number of imide groups is 1. The van der Waals surface area contributed by atoms with Crippen molar-refractivity contribution in [2.45, 2.75) is 13.5 Å². The molecule has 1 aliphatic heterocycles. The maximum Gasteiger partial charge on any atom is 0.308 e. The molecule has 3 rings (SSSR count). The number of rotatable bonds is 4. The Bertz CT molecular complexity index is 891. The molecule has 0 bridgehead atoms. The first-order chi connectivity index (χ1) is 12.4. The van der Waals surface area contributed by atoms with Gasteiger partial charge in [0.05, 0.1) is 11.4 Å². The summed E-state index contributed by atoms with van der Waals surface area (Å²) in [5.74, 6) is -0.785. The van der Waals surface area contributed by atoms with Crippen LogP contribution in [0.2, 0.25) is 0 Å². The average molecular weight is 371 g/mol. The van der Waals surface area contributed by atoms with Crippen LogP contribution in [0.25, 0.3) is 6.08 Å². The average Bonchev–Trinajstić information content (AvgIpc) is 2.85. The second-order valence-corrected chi connectivity index (χ2v) is 6.55. The molecule has 132 valence electrons. The third kappa shape index (κ3) is 4.18. The summed E-state index contributed by atoms with van der Waals surface area (Å²) < 4.78 is 17.9. The molecule has 26 heavy (non-hydrogen) atoms. The van der Waals surface area contributed by atoms with E-state index < -0.39 is 11.9 Å². The summed E-state index contributed by atoms with van der Waals surface area (Å²) in [6, 6.07) is 12.2. The maximum atomic E-state index is 13.0. The van der Waals surface area contributed by atoms with Crippen molar-refractivity contribution in [1.82, 2.24) is 4.90 Å². The molecule has 0 spiro atoms. The smallest absolute Gasteiger partial charge is 0.308 e. The monoisotopic (exact) mass is 371 g/mol. The number of benzene rings is 2. The fourth-order valence-electron chi connectivity index (χ4n) is 2.36. The minimum atomic E-state index is -0.417. The SMILES string of the molecule is CC(=O)Oc1ccc(/C=C2\SC(=O)N(Cc3ccc(F)cc3)C2=O)cc1. The number of halogens is 1. The van der Waals surface area contributed by atoms with E-state index in [9.17, 15) is 18.8 Å². The minimum Gasteiger partial charge on any atom is -0.427 e. The van der Waals surface area contributed by atoms with Gasteiger partial charge < -0.3 is 4.74 Å². The van der Waals surface area contributed by atoms with Gasteiger partial charge in [-0.1, -0.05) is 24.3 Å². The van der Waals surface area contributed by atoms with Crippen LogP contribution in [0.3, 0.4) is 0 Å². The van der Waals surface area contributed by atoms with Crippen molar-refractivity contribution in [2.75, 3.05) is 0 Å². The van der Waals surface area contributed by atoms with E-state index in [0.29, 0.717) is 21.8 Å². The Morgan fingerprint density at radius 2 is 1.77 bits per heavy atom. The van der Waals surface area contributed by atoms with Crippen LogP contribution >= 0.6 is 11.8 Å². The first-order valence-electron chi connectivity index (χ1n) is 7.70. The van der Waals surface area contributed by atoms with E-state index >= 15 is 0 Å². The van der Waals surface area contributed by atoms with Gasteiger partial charge in [0.15, 0.2) is 0 Å². The van der Waals surface area contributed by atoms with Crippen LogP contribution in [0.15, 0.2) is 53.4 Å². The minimum absolute atomic E-state index is 0.0909. The van der Waals surface area contributed by atoms with Crippen molar-refractivity contribution < 1.29 is 23.5 Å². The molecule has 0 aromatic heterocycles.